The molecule has 0 saturated carbocycles. The van der Waals surface area contributed by atoms with Gasteiger partial charge in [0.2, 0.25) is 0 Å². The molecule has 6 nitrogen and oxygen atoms in total. The fourth-order valence-corrected chi connectivity index (χ4v) is 2.45. The fourth-order valence-electron chi connectivity index (χ4n) is 2.45. The molecule has 1 fully saturated rings. The van der Waals surface area contributed by atoms with Crippen molar-refractivity contribution in [2.75, 3.05) is 26.8 Å². The topological polar surface area (TPSA) is 60.4 Å². The van der Waals surface area contributed by atoms with E-state index in [-0.39, 0.29) is 30.9 Å². The molecule has 1 saturated heterocycles. The van der Waals surface area contributed by atoms with E-state index in [0.717, 1.165) is 18.8 Å². The maximum absolute atomic E-state index is 5.43. The maximum atomic E-state index is 5.43. The van der Waals surface area contributed by atoms with E-state index < -0.39 is 0 Å². The van der Waals surface area contributed by atoms with E-state index in [1.807, 2.05) is 13.8 Å². The van der Waals surface area contributed by atoms with Crippen LogP contribution in [0.25, 0.3) is 0 Å². The maximum Gasteiger partial charge on any atom is 0.322 e. The first kappa shape index (κ1) is 21.1. The third-order valence-electron chi connectivity index (χ3n) is 3.59. The van der Waals surface area contributed by atoms with E-state index in [2.05, 4.69) is 33.8 Å². The molecule has 2 rings (SSSR count). The number of aromatic nitrogens is 3. The lowest BCUT2D eigenvalue weighted by atomic mass is 9.92. The third kappa shape index (κ3) is 5.41. The molecule has 0 spiro atoms. The summed E-state index contributed by atoms with van der Waals surface area (Å²) >= 11 is 0. The molecule has 2 atom stereocenters. The van der Waals surface area contributed by atoms with Gasteiger partial charge in [0.1, 0.15) is 0 Å². The zero-order valence-electron chi connectivity index (χ0n) is 13.6. The second kappa shape index (κ2) is 10.0. The summed E-state index contributed by atoms with van der Waals surface area (Å²) in [5.74, 6) is 1.43. The first-order valence-corrected chi connectivity index (χ1v) is 7.35. The molecule has 2 heterocycles. The molecule has 128 valence electrons. The lowest BCUT2D eigenvalue weighted by Gasteiger charge is -2.34. The second-order valence-electron chi connectivity index (χ2n) is 5.25. The van der Waals surface area contributed by atoms with Crippen molar-refractivity contribution in [3.63, 3.8) is 0 Å². The molecule has 1 aromatic rings. The molecule has 0 bridgehead atoms. The van der Waals surface area contributed by atoms with Crippen LogP contribution in [0.15, 0.2) is 0 Å². The summed E-state index contributed by atoms with van der Waals surface area (Å²) in [6.45, 7) is 8.23. The van der Waals surface area contributed by atoms with Gasteiger partial charge < -0.3 is 9.47 Å². The van der Waals surface area contributed by atoms with Gasteiger partial charge in [0, 0.05) is 0 Å². The summed E-state index contributed by atoms with van der Waals surface area (Å²) < 4.78 is 10.9. The number of likely N-dealkylation sites (tertiary alicyclic amines) is 1. The molecule has 0 radical (unpaired) electrons. The van der Waals surface area contributed by atoms with Gasteiger partial charge in [-0.05, 0) is 46.2 Å². The van der Waals surface area contributed by atoms with Crippen molar-refractivity contribution in [1.82, 2.24) is 19.9 Å². The highest BCUT2D eigenvalue weighted by molar-refractivity contribution is 5.85. The largest absolute Gasteiger partial charge is 0.464 e. The fraction of sp³-hybridized carbons (Fsp3) is 0.786. The quantitative estimate of drug-likeness (QED) is 0.811. The van der Waals surface area contributed by atoms with E-state index in [9.17, 15) is 0 Å². The van der Waals surface area contributed by atoms with Crippen molar-refractivity contribution in [2.45, 2.75) is 39.7 Å². The van der Waals surface area contributed by atoms with Gasteiger partial charge in [-0.1, -0.05) is 6.92 Å². The Morgan fingerprint density at radius 2 is 1.59 bits per heavy atom. The molecule has 2 unspecified atom stereocenters. The summed E-state index contributed by atoms with van der Waals surface area (Å²) in [6, 6.07) is 0.917. The number of nitrogens with zero attached hydrogens (tertiary/aromatic N) is 4. The Morgan fingerprint density at radius 3 is 2.09 bits per heavy atom. The summed E-state index contributed by atoms with van der Waals surface area (Å²) in [6.07, 6.45) is 2.27. The number of piperidine rings is 1. The zero-order chi connectivity index (χ0) is 14.5. The van der Waals surface area contributed by atoms with Crippen molar-refractivity contribution in [2.24, 2.45) is 5.92 Å². The van der Waals surface area contributed by atoms with Crippen molar-refractivity contribution >= 4 is 24.8 Å². The Bertz CT molecular complexity index is 427. The Labute approximate surface area is 144 Å². The molecular formula is C14H26Cl2N4O2. The molecular weight excluding hydrogens is 327 g/mol. The van der Waals surface area contributed by atoms with Gasteiger partial charge in [-0.3, -0.25) is 4.90 Å². The van der Waals surface area contributed by atoms with Crippen LogP contribution in [0, 0.1) is 5.92 Å². The lowest BCUT2D eigenvalue weighted by molar-refractivity contribution is 0.140. The smallest absolute Gasteiger partial charge is 0.322 e. The monoisotopic (exact) mass is 352 g/mol. The zero-order valence-corrected chi connectivity index (χ0v) is 15.2. The predicted molar refractivity (Wildman–Crippen MR) is 90.4 cm³/mol. The average molecular weight is 353 g/mol. The highest BCUT2D eigenvalue weighted by atomic mass is 35.5. The summed E-state index contributed by atoms with van der Waals surface area (Å²) in [5.41, 5.74) is 0. The normalized spacial score (nSPS) is 21.5. The number of halogens is 2. The molecule has 0 amide bonds. The Kier molecular flexibility index (Phi) is 9.64. The van der Waals surface area contributed by atoms with Crippen molar-refractivity contribution < 1.29 is 9.47 Å². The van der Waals surface area contributed by atoms with Gasteiger partial charge in [-0.2, -0.15) is 9.97 Å². The Hall–Kier alpha value is -0.850. The van der Waals surface area contributed by atoms with E-state index in [1.54, 1.807) is 0 Å². The van der Waals surface area contributed by atoms with E-state index in [0.29, 0.717) is 31.2 Å². The van der Waals surface area contributed by atoms with Gasteiger partial charge in [-0.15, -0.1) is 29.8 Å². The highest BCUT2D eigenvalue weighted by Crippen LogP contribution is 2.32. The van der Waals surface area contributed by atoms with Crippen LogP contribution in [0.2, 0.25) is 0 Å². The Balaban J connectivity index is 0.00000220. The molecule has 1 aliphatic heterocycles. The lowest BCUT2D eigenvalue weighted by Crippen LogP contribution is -2.34. The molecule has 0 aromatic carbocycles. The summed E-state index contributed by atoms with van der Waals surface area (Å²) in [5, 5.41) is 0. The van der Waals surface area contributed by atoms with Crippen molar-refractivity contribution in [1.29, 1.82) is 0 Å². The first-order valence-electron chi connectivity index (χ1n) is 7.35. The highest BCUT2D eigenvalue weighted by Gasteiger charge is 2.28. The first-order chi connectivity index (χ1) is 9.63. The third-order valence-corrected chi connectivity index (χ3v) is 3.59. The minimum absolute atomic E-state index is 0. The molecule has 8 heteroatoms. The second-order valence-corrected chi connectivity index (χ2v) is 5.25. The van der Waals surface area contributed by atoms with Gasteiger partial charge in [0.25, 0.3) is 0 Å². The number of hydrogen-bond donors (Lipinski definition) is 0. The number of ether oxygens (including phenoxy) is 2. The van der Waals surface area contributed by atoms with Crippen LogP contribution in [0.1, 0.15) is 45.5 Å². The van der Waals surface area contributed by atoms with Crippen LogP contribution in [0.5, 0.6) is 12.0 Å². The standard InChI is InChI=1S/C14H24N4O2.2ClH/c1-5-19-13-15-12(16-14(17-13)20-6-2)11-9-10(3)7-8-18(11)4;;/h10-11H,5-9H2,1-4H3;2*1H. The molecule has 1 aromatic heterocycles. The van der Waals surface area contributed by atoms with Gasteiger partial charge in [0.15, 0.2) is 5.82 Å². The van der Waals surface area contributed by atoms with Gasteiger partial charge in [-0.25, -0.2) is 0 Å². The average Bonchev–Trinajstić information content (AvgIpc) is 2.42. The van der Waals surface area contributed by atoms with Gasteiger partial charge >= 0.3 is 12.0 Å². The van der Waals surface area contributed by atoms with Crippen LogP contribution in [0.4, 0.5) is 0 Å². The van der Waals surface area contributed by atoms with Crippen LogP contribution < -0.4 is 9.47 Å². The van der Waals surface area contributed by atoms with Crippen LogP contribution in [0.3, 0.4) is 0 Å². The Morgan fingerprint density at radius 1 is 1.05 bits per heavy atom. The molecule has 22 heavy (non-hydrogen) atoms. The molecule has 0 N–H and O–H groups in total. The van der Waals surface area contributed by atoms with Crippen LogP contribution in [-0.2, 0) is 0 Å². The van der Waals surface area contributed by atoms with Crippen molar-refractivity contribution in [3.8, 4) is 12.0 Å². The van der Waals surface area contributed by atoms with E-state index in [4.69, 9.17) is 9.47 Å². The van der Waals surface area contributed by atoms with Crippen molar-refractivity contribution in [3.05, 3.63) is 5.82 Å². The van der Waals surface area contributed by atoms with E-state index in [1.165, 1.54) is 6.42 Å². The van der Waals surface area contributed by atoms with E-state index >= 15 is 0 Å². The minimum atomic E-state index is 0. The van der Waals surface area contributed by atoms with Crippen LogP contribution >= 0.6 is 24.8 Å². The summed E-state index contributed by atoms with van der Waals surface area (Å²) in [7, 11) is 2.11. The SMILES string of the molecule is CCOc1nc(OCC)nc(C2CC(C)CCN2C)n1.Cl.Cl. The molecule has 1 aliphatic rings. The van der Waals surface area contributed by atoms with Gasteiger partial charge in [0.05, 0.1) is 19.3 Å². The predicted octanol–water partition coefficient (Wildman–Crippen LogP) is 2.92. The van der Waals surface area contributed by atoms with Crippen LogP contribution in [-0.4, -0.2) is 46.7 Å². The number of rotatable bonds is 5. The number of hydrogen-bond acceptors (Lipinski definition) is 6. The molecule has 0 aliphatic carbocycles. The minimum Gasteiger partial charge on any atom is -0.464 e. The summed E-state index contributed by atoms with van der Waals surface area (Å²) in [4.78, 5) is 15.4.